The lowest BCUT2D eigenvalue weighted by Gasteiger charge is -2.14. The van der Waals surface area contributed by atoms with Crippen LogP contribution in [0.25, 0.3) is 17.2 Å². The van der Waals surface area contributed by atoms with Gasteiger partial charge in [0.25, 0.3) is 0 Å². The van der Waals surface area contributed by atoms with E-state index in [2.05, 4.69) is 29.6 Å². The average Bonchev–Trinajstić information content (AvgIpc) is 3.10. The zero-order valence-electron chi connectivity index (χ0n) is 17.7. The Morgan fingerprint density at radius 3 is 2.27 bits per heavy atom. The van der Waals surface area contributed by atoms with Crippen molar-refractivity contribution in [1.29, 1.82) is 0 Å². The molecule has 8 heteroatoms. The van der Waals surface area contributed by atoms with Gasteiger partial charge in [0.05, 0.1) is 5.02 Å². The number of alkyl carbamates (subject to hydrolysis) is 1. The Balaban J connectivity index is 1.27. The summed E-state index contributed by atoms with van der Waals surface area (Å²) < 4.78 is 28.3. The standard InChI is InChI=1S/C25H23ClN2O4S/c26-23-15-17(12-13-24(23)33(27,30)31)7-5-6-14-28-25(29)32-16-22-20-10-3-1-8-18(20)19-9-2-4-11-21(19)22/h1-5,7-13,15,22H,6,14,16H2,(H,28,29)(H2,27,30,31). The number of fused-ring (bicyclic) bond motifs is 3. The van der Waals surface area contributed by atoms with Crippen molar-refractivity contribution in [3.05, 3.63) is 94.5 Å². The maximum Gasteiger partial charge on any atom is 0.407 e. The monoisotopic (exact) mass is 482 g/mol. The topological polar surface area (TPSA) is 98.5 Å². The number of nitrogens with two attached hydrogens (primary N) is 1. The highest BCUT2D eigenvalue weighted by molar-refractivity contribution is 7.89. The molecule has 6 nitrogen and oxygen atoms in total. The van der Waals surface area contributed by atoms with Crippen LogP contribution in [0, 0.1) is 0 Å². The molecule has 0 bridgehead atoms. The minimum absolute atomic E-state index is 0.0214. The van der Waals surface area contributed by atoms with E-state index in [0.29, 0.717) is 13.0 Å². The van der Waals surface area contributed by atoms with Gasteiger partial charge in [-0.05, 0) is 46.4 Å². The Hall–Kier alpha value is -3.13. The molecule has 1 aliphatic carbocycles. The van der Waals surface area contributed by atoms with Crippen molar-refractivity contribution in [3.63, 3.8) is 0 Å². The highest BCUT2D eigenvalue weighted by atomic mass is 35.5. The summed E-state index contributed by atoms with van der Waals surface area (Å²) in [7, 11) is -3.85. The number of primary sulfonamides is 1. The molecule has 0 saturated carbocycles. The minimum atomic E-state index is -3.85. The molecule has 170 valence electrons. The molecule has 0 aliphatic heterocycles. The molecule has 3 aromatic rings. The van der Waals surface area contributed by atoms with Gasteiger partial charge < -0.3 is 10.1 Å². The van der Waals surface area contributed by atoms with Crippen LogP contribution >= 0.6 is 11.6 Å². The van der Waals surface area contributed by atoms with E-state index < -0.39 is 16.1 Å². The van der Waals surface area contributed by atoms with E-state index >= 15 is 0 Å². The molecule has 0 saturated heterocycles. The Morgan fingerprint density at radius 2 is 1.67 bits per heavy atom. The van der Waals surface area contributed by atoms with Crippen molar-refractivity contribution in [2.24, 2.45) is 5.14 Å². The summed E-state index contributed by atoms with van der Waals surface area (Å²) in [6.07, 6.45) is 3.74. The summed E-state index contributed by atoms with van der Waals surface area (Å²) in [4.78, 5) is 12.1. The summed E-state index contributed by atoms with van der Waals surface area (Å²) in [5, 5.41) is 7.92. The molecule has 0 radical (unpaired) electrons. The van der Waals surface area contributed by atoms with Gasteiger partial charge in [0, 0.05) is 12.5 Å². The van der Waals surface area contributed by atoms with E-state index in [1.807, 2.05) is 30.3 Å². The van der Waals surface area contributed by atoms with Crippen LogP contribution in [-0.4, -0.2) is 27.7 Å². The lowest BCUT2D eigenvalue weighted by atomic mass is 9.98. The first-order chi connectivity index (χ1) is 15.8. The van der Waals surface area contributed by atoms with Gasteiger partial charge in [0.1, 0.15) is 11.5 Å². The summed E-state index contributed by atoms with van der Waals surface area (Å²) in [5.74, 6) is 0.0214. The molecule has 1 aliphatic rings. The van der Waals surface area contributed by atoms with Crippen LogP contribution in [-0.2, 0) is 14.8 Å². The number of amides is 1. The molecule has 4 rings (SSSR count). The second kappa shape index (κ2) is 9.79. The van der Waals surface area contributed by atoms with Gasteiger partial charge in [0.15, 0.2) is 0 Å². The van der Waals surface area contributed by atoms with Crippen LogP contribution in [0.3, 0.4) is 0 Å². The highest BCUT2D eigenvalue weighted by Gasteiger charge is 2.28. The SMILES string of the molecule is NS(=O)(=O)c1ccc(C=CCCNC(=O)OCC2c3ccccc3-c3ccccc32)cc1Cl. The molecule has 0 fully saturated rings. The van der Waals surface area contributed by atoms with Crippen molar-refractivity contribution in [3.8, 4) is 11.1 Å². The number of hydrogen-bond acceptors (Lipinski definition) is 4. The zero-order valence-corrected chi connectivity index (χ0v) is 19.3. The van der Waals surface area contributed by atoms with Crippen molar-refractivity contribution in [2.75, 3.05) is 13.2 Å². The minimum Gasteiger partial charge on any atom is -0.449 e. The quantitative estimate of drug-likeness (QED) is 0.466. The predicted molar refractivity (Wildman–Crippen MR) is 130 cm³/mol. The maximum atomic E-state index is 12.2. The number of halogens is 1. The van der Waals surface area contributed by atoms with Gasteiger partial charge in [0.2, 0.25) is 10.0 Å². The number of rotatable bonds is 7. The van der Waals surface area contributed by atoms with Gasteiger partial charge in [-0.25, -0.2) is 18.4 Å². The van der Waals surface area contributed by atoms with Crippen LogP contribution in [0.15, 0.2) is 77.7 Å². The normalized spacial score (nSPS) is 13.0. The fourth-order valence-electron chi connectivity index (χ4n) is 3.98. The molecular weight excluding hydrogens is 460 g/mol. The summed E-state index contributed by atoms with van der Waals surface area (Å²) in [6.45, 7) is 0.667. The van der Waals surface area contributed by atoms with Crippen molar-refractivity contribution >= 4 is 33.8 Å². The summed E-state index contributed by atoms with van der Waals surface area (Å²) in [5.41, 5.74) is 5.44. The molecule has 33 heavy (non-hydrogen) atoms. The molecular formula is C25H23ClN2O4S. The van der Waals surface area contributed by atoms with Gasteiger partial charge in [-0.3, -0.25) is 0 Å². The zero-order chi connectivity index (χ0) is 23.4. The fourth-order valence-corrected chi connectivity index (χ4v) is 5.08. The Morgan fingerprint density at radius 1 is 1.03 bits per heavy atom. The first-order valence-electron chi connectivity index (χ1n) is 10.4. The molecule has 0 spiro atoms. The van der Waals surface area contributed by atoms with E-state index in [-0.39, 0.29) is 22.4 Å². The van der Waals surface area contributed by atoms with Crippen LogP contribution in [0.2, 0.25) is 5.02 Å². The lowest BCUT2D eigenvalue weighted by molar-refractivity contribution is 0.143. The number of hydrogen-bond donors (Lipinski definition) is 2. The van der Waals surface area contributed by atoms with E-state index in [4.69, 9.17) is 21.5 Å². The molecule has 0 atom stereocenters. The number of benzene rings is 3. The number of sulfonamides is 1. The highest BCUT2D eigenvalue weighted by Crippen LogP contribution is 2.44. The van der Waals surface area contributed by atoms with Gasteiger partial charge in [-0.2, -0.15) is 0 Å². The Kier molecular flexibility index (Phi) is 6.83. The van der Waals surface area contributed by atoms with Crippen LogP contribution < -0.4 is 10.5 Å². The first-order valence-corrected chi connectivity index (χ1v) is 12.3. The van der Waals surface area contributed by atoms with Crippen LogP contribution in [0.4, 0.5) is 4.79 Å². The van der Waals surface area contributed by atoms with Crippen molar-refractivity contribution in [1.82, 2.24) is 5.32 Å². The predicted octanol–water partition coefficient (Wildman–Crippen LogP) is 4.93. The van der Waals surface area contributed by atoms with E-state index in [1.54, 1.807) is 12.1 Å². The third kappa shape index (κ3) is 5.27. The number of carbonyl (C=O) groups is 1. The largest absolute Gasteiger partial charge is 0.449 e. The summed E-state index contributed by atoms with van der Waals surface area (Å²) in [6, 6.07) is 20.9. The van der Waals surface area contributed by atoms with Gasteiger partial charge >= 0.3 is 6.09 Å². The van der Waals surface area contributed by atoms with Gasteiger partial charge in [-0.1, -0.05) is 78.4 Å². The van der Waals surface area contributed by atoms with Gasteiger partial charge in [-0.15, -0.1) is 0 Å². The second-order valence-corrected chi connectivity index (χ2v) is 9.62. The van der Waals surface area contributed by atoms with Crippen molar-refractivity contribution < 1.29 is 17.9 Å². The van der Waals surface area contributed by atoms with E-state index in [0.717, 1.165) is 5.56 Å². The molecule has 1 amide bonds. The van der Waals surface area contributed by atoms with Crippen LogP contribution in [0.5, 0.6) is 0 Å². The fraction of sp³-hybridized carbons (Fsp3) is 0.160. The molecule has 3 aromatic carbocycles. The summed E-state index contributed by atoms with van der Waals surface area (Å²) >= 11 is 5.98. The molecule has 0 aromatic heterocycles. The average molecular weight is 483 g/mol. The smallest absolute Gasteiger partial charge is 0.407 e. The third-order valence-corrected chi connectivity index (χ3v) is 6.89. The second-order valence-electron chi connectivity index (χ2n) is 7.68. The number of ether oxygens (including phenoxy) is 1. The first kappa shape index (κ1) is 23.0. The molecule has 3 N–H and O–H groups in total. The molecule has 0 unspecified atom stereocenters. The Bertz CT molecular complexity index is 1280. The molecule has 0 heterocycles. The van der Waals surface area contributed by atoms with E-state index in [9.17, 15) is 13.2 Å². The maximum absolute atomic E-state index is 12.2. The number of nitrogens with one attached hydrogen (secondary N) is 1. The van der Waals surface area contributed by atoms with Crippen molar-refractivity contribution in [2.45, 2.75) is 17.2 Å². The lowest BCUT2D eigenvalue weighted by Crippen LogP contribution is -2.26. The van der Waals surface area contributed by atoms with E-state index in [1.165, 1.54) is 34.4 Å². The Labute approximate surface area is 198 Å². The van der Waals surface area contributed by atoms with Crippen LogP contribution in [0.1, 0.15) is 29.0 Å². The number of carbonyl (C=O) groups excluding carboxylic acids is 1. The third-order valence-electron chi connectivity index (χ3n) is 5.50.